The quantitative estimate of drug-likeness (QED) is 0.782. The maximum atomic E-state index is 13.0. The molecule has 0 saturated carbocycles. The number of carbonyl (C=O) groups is 2. The Morgan fingerprint density at radius 2 is 1.88 bits per heavy atom. The first-order chi connectivity index (χ1) is 11.6. The number of rotatable bonds is 7. The number of unbranched alkanes of at least 4 members (excludes halogenated alkanes) is 1. The van der Waals surface area contributed by atoms with Gasteiger partial charge in [0.25, 0.3) is 5.91 Å². The number of benzene rings is 2. The molecule has 0 spiro atoms. The van der Waals surface area contributed by atoms with Crippen LogP contribution in [-0.2, 0) is 16.0 Å². The van der Waals surface area contributed by atoms with E-state index in [2.05, 4.69) is 12.2 Å². The van der Waals surface area contributed by atoms with Crippen LogP contribution in [0.2, 0.25) is 0 Å². The van der Waals surface area contributed by atoms with Gasteiger partial charge in [-0.15, -0.1) is 0 Å². The molecule has 0 saturated heterocycles. The fourth-order valence-corrected chi connectivity index (χ4v) is 2.16. The van der Waals surface area contributed by atoms with Gasteiger partial charge in [0.05, 0.1) is 5.56 Å². The molecule has 126 valence electrons. The van der Waals surface area contributed by atoms with Crippen LogP contribution in [0.1, 0.15) is 35.7 Å². The number of amides is 1. The number of carbonyl (C=O) groups excluding carboxylic acids is 2. The molecule has 0 aliphatic heterocycles. The zero-order chi connectivity index (χ0) is 17.4. The lowest BCUT2D eigenvalue weighted by atomic mass is 10.1. The molecule has 2 rings (SSSR count). The first-order valence-corrected chi connectivity index (χ1v) is 7.90. The lowest BCUT2D eigenvalue weighted by molar-refractivity contribution is -0.119. The maximum Gasteiger partial charge on any atom is 0.338 e. The van der Waals surface area contributed by atoms with Crippen LogP contribution in [-0.4, -0.2) is 18.5 Å². The number of halogens is 1. The van der Waals surface area contributed by atoms with Crippen molar-refractivity contribution in [1.82, 2.24) is 0 Å². The van der Waals surface area contributed by atoms with Crippen molar-refractivity contribution in [3.8, 4) is 0 Å². The van der Waals surface area contributed by atoms with E-state index < -0.39 is 24.3 Å². The van der Waals surface area contributed by atoms with Crippen LogP contribution in [0.25, 0.3) is 0 Å². The van der Waals surface area contributed by atoms with Gasteiger partial charge in [0.1, 0.15) is 5.82 Å². The van der Waals surface area contributed by atoms with Gasteiger partial charge in [-0.05, 0) is 48.7 Å². The monoisotopic (exact) mass is 329 g/mol. The lowest BCUT2D eigenvalue weighted by Crippen LogP contribution is -2.21. The number of hydrogen-bond donors (Lipinski definition) is 1. The normalized spacial score (nSPS) is 10.2. The van der Waals surface area contributed by atoms with Gasteiger partial charge < -0.3 is 10.1 Å². The van der Waals surface area contributed by atoms with Crippen LogP contribution in [0, 0.1) is 5.82 Å². The third kappa shape index (κ3) is 5.50. The molecule has 0 fully saturated rings. The highest BCUT2D eigenvalue weighted by molar-refractivity contribution is 5.95. The smallest absolute Gasteiger partial charge is 0.338 e. The van der Waals surface area contributed by atoms with E-state index in [0.717, 1.165) is 25.3 Å². The van der Waals surface area contributed by atoms with Gasteiger partial charge in [0.2, 0.25) is 0 Å². The zero-order valence-corrected chi connectivity index (χ0v) is 13.5. The van der Waals surface area contributed by atoms with Crippen molar-refractivity contribution in [3.05, 3.63) is 65.5 Å². The summed E-state index contributed by atoms with van der Waals surface area (Å²) < 4.78 is 17.9. The minimum Gasteiger partial charge on any atom is -0.452 e. The third-order valence-corrected chi connectivity index (χ3v) is 3.45. The number of ether oxygens (including phenoxy) is 1. The summed E-state index contributed by atoms with van der Waals surface area (Å²) in [5, 5.41) is 2.65. The fourth-order valence-electron chi connectivity index (χ4n) is 2.16. The molecule has 0 atom stereocenters. The Kier molecular flexibility index (Phi) is 6.49. The van der Waals surface area contributed by atoms with Crippen molar-refractivity contribution in [3.63, 3.8) is 0 Å². The van der Waals surface area contributed by atoms with E-state index in [-0.39, 0.29) is 5.56 Å². The molecular weight excluding hydrogens is 309 g/mol. The molecule has 0 unspecified atom stereocenters. The summed E-state index contributed by atoms with van der Waals surface area (Å²) in [6, 6.07) is 12.7. The molecule has 4 nitrogen and oxygen atoms in total. The average molecular weight is 329 g/mol. The van der Waals surface area contributed by atoms with E-state index in [9.17, 15) is 14.0 Å². The van der Waals surface area contributed by atoms with E-state index in [1.807, 2.05) is 24.3 Å². The van der Waals surface area contributed by atoms with Crippen molar-refractivity contribution >= 4 is 17.6 Å². The standard InChI is InChI=1S/C19H20FNO3/c1-2-3-5-14-8-10-17(11-9-14)21-18(22)13-24-19(23)15-6-4-7-16(20)12-15/h4,6-12H,2-3,5,13H2,1H3,(H,21,22). The SMILES string of the molecule is CCCCc1ccc(NC(=O)COC(=O)c2cccc(F)c2)cc1. The van der Waals surface area contributed by atoms with Crippen LogP contribution in [0.15, 0.2) is 48.5 Å². The van der Waals surface area contributed by atoms with Gasteiger partial charge in [-0.3, -0.25) is 4.79 Å². The van der Waals surface area contributed by atoms with Crippen molar-refractivity contribution < 1.29 is 18.7 Å². The molecule has 0 aliphatic carbocycles. The number of nitrogens with one attached hydrogen (secondary N) is 1. The molecule has 1 N–H and O–H groups in total. The maximum absolute atomic E-state index is 13.0. The summed E-state index contributed by atoms with van der Waals surface area (Å²) in [5.74, 6) is -1.71. The molecule has 24 heavy (non-hydrogen) atoms. The summed E-state index contributed by atoms with van der Waals surface area (Å²) in [7, 11) is 0. The van der Waals surface area contributed by atoms with E-state index in [4.69, 9.17) is 4.74 Å². The predicted molar refractivity (Wildman–Crippen MR) is 90.4 cm³/mol. The molecule has 1 amide bonds. The van der Waals surface area contributed by atoms with Crippen molar-refractivity contribution in [2.75, 3.05) is 11.9 Å². The van der Waals surface area contributed by atoms with Gasteiger partial charge in [0, 0.05) is 5.69 Å². The second-order valence-electron chi connectivity index (χ2n) is 5.44. The van der Waals surface area contributed by atoms with E-state index in [1.54, 1.807) is 0 Å². The van der Waals surface area contributed by atoms with Gasteiger partial charge in [-0.2, -0.15) is 0 Å². The Bertz CT molecular complexity index is 698. The van der Waals surface area contributed by atoms with Crippen molar-refractivity contribution in [2.45, 2.75) is 26.2 Å². The summed E-state index contributed by atoms with van der Waals surface area (Å²) in [6.45, 7) is 1.71. The molecule has 2 aromatic rings. The minimum absolute atomic E-state index is 0.0723. The zero-order valence-electron chi connectivity index (χ0n) is 13.5. The van der Waals surface area contributed by atoms with Crippen LogP contribution >= 0.6 is 0 Å². The highest BCUT2D eigenvalue weighted by Crippen LogP contribution is 2.12. The van der Waals surface area contributed by atoms with Crippen molar-refractivity contribution in [1.29, 1.82) is 0 Å². The van der Waals surface area contributed by atoms with Gasteiger partial charge in [-0.25, -0.2) is 9.18 Å². The molecule has 0 radical (unpaired) electrons. The fraction of sp³-hybridized carbons (Fsp3) is 0.263. The average Bonchev–Trinajstić information content (AvgIpc) is 2.59. The highest BCUT2D eigenvalue weighted by atomic mass is 19.1. The summed E-state index contributed by atoms with van der Waals surface area (Å²) in [6.07, 6.45) is 3.27. The summed E-state index contributed by atoms with van der Waals surface area (Å²) >= 11 is 0. The lowest BCUT2D eigenvalue weighted by Gasteiger charge is -2.07. The highest BCUT2D eigenvalue weighted by Gasteiger charge is 2.11. The second-order valence-corrected chi connectivity index (χ2v) is 5.44. The van der Waals surface area contributed by atoms with E-state index >= 15 is 0 Å². The molecule has 2 aromatic carbocycles. The van der Waals surface area contributed by atoms with E-state index in [0.29, 0.717) is 5.69 Å². The topological polar surface area (TPSA) is 55.4 Å². The first-order valence-electron chi connectivity index (χ1n) is 7.90. The summed E-state index contributed by atoms with van der Waals surface area (Å²) in [4.78, 5) is 23.5. The molecule has 0 aromatic heterocycles. The molecular formula is C19H20FNO3. The first kappa shape index (κ1) is 17.7. The Balaban J connectivity index is 1.81. The Morgan fingerprint density at radius 1 is 1.12 bits per heavy atom. The molecule has 0 heterocycles. The Morgan fingerprint density at radius 3 is 2.54 bits per heavy atom. The van der Waals surface area contributed by atoms with Gasteiger partial charge in [0.15, 0.2) is 6.61 Å². The molecule has 0 aliphatic rings. The van der Waals surface area contributed by atoms with Crippen LogP contribution in [0.5, 0.6) is 0 Å². The van der Waals surface area contributed by atoms with Gasteiger partial charge in [-0.1, -0.05) is 31.5 Å². The van der Waals surface area contributed by atoms with Gasteiger partial charge >= 0.3 is 5.97 Å². The number of anilines is 1. The number of esters is 1. The van der Waals surface area contributed by atoms with Crippen molar-refractivity contribution in [2.24, 2.45) is 0 Å². The second kappa shape index (κ2) is 8.82. The summed E-state index contributed by atoms with van der Waals surface area (Å²) in [5.41, 5.74) is 1.93. The predicted octanol–water partition coefficient (Wildman–Crippen LogP) is 3.96. The molecule has 0 bridgehead atoms. The largest absolute Gasteiger partial charge is 0.452 e. The third-order valence-electron chi connectivity index (χ3n) is 3.45. The van der Waals surface area contributed by atoms with Crippen LogP contribution < -0.4 is 5.32 Å². The number of hydrogen-bond acceptors (Lipinski definition) is 3. The van der Waals surface area contributed by atoms with E-state index in [1.165, 1.54) is 23.8 Å². The van der Waals surface area contributed by atoms with Crippen LogP contribution in [0.4, 0.5) is 10.1 Å². The Labute approximate surface area is 140 Å². The van der Waals surface area contributed by atoms with Crippen LogP contribution in [0.3, 0.4) is 0 Å². The molecule has 5 heteroatoms. The Hall–Kier alpha value is -2.69. The minimum atomic E-state index is -0.737. The number of aryl methyl sites for hydroxylation is 1.